The van der Waals surface area contributed by atoms with Crippen molar-refractivity contribution in [3.05, 3.63) is 34.3 Å². The van der Waals surface area contributed by atoms with Gasteiger partial charge in [-0.2, -0.15) is 0 Å². The molecule has 3 nitrogen and oxygen atoms in total. The monoisotopic (exact) mass is 257 g/mol. The average Bonchev–Trinajstić information content (AvgIpc) is 2.01. The van der Waals surface area contributed by atoms with Crippen molar-refractivity contribution in [2.45, 2.75) is 6.42 Å². The molecule has 0 unspecified atom stereocenters. The second-order valence-corrected chi connectivity index (χ2v) is 4.00. The molecule has 0 radical (unpaired) electrons. The third-order valence-electron chi connectivity index (χ3n) is 1.52. The molecule has 0 saturated heterocycles. The van der Waals surface area contributed by atoms with Crippen LogP contribution in [0.25, 0.3) is 0 Å². The van der Waals surface area contributed by atoms with E-state index >= 15 is 0 Å². The van der Waals surface area contributed by atoms with E-state index in [0.29, 0.717) is 0 Å². The van der Waals surface area contributed by atoms with E-state index in [-0.39, 0.29) is 12.4 Å². The van der Waals surface area contributed by atoms with Gasteiger partial charge in [0.1, 0.15) is 0 Å². The highest BCUT2D eigenvalue weighted by Crippen LogP contribution is 2.12. The van der Waals surface area contributed by atoms with E-state index in [2.05, 4.69) is 15.9 Å². The van der Waals surface area contributed by atoms with Gasteiger partial charge in [0.05, 0.1) is 6.42 Å². The Balaban J connectivity index is 2.56. The molecule has 4 heteroatoms. The van der Waals surface area contributed by atoms with E-state index in [1.165, 1.54) is 5.06 Å². The number of carbonyl (C=O) groups excluding carboxylic acids is 1. The summed E-state index contributed by atoms with van der Waals surface area (Å²) in [6, 6.07) is 7.60. The number of hydrogen-bond donors (Lipinski definition) is 0. The minimum atomic E-state index is -0.256. The van der Waals surface area contributed by atoms with Gasteiger partial charge in [0.15, 0.2) is 0 Å². The normalized spacial score (nSPS) is 10.3. The second kappa shape index (κ2) is 5.12. The predicted molar refractivity (Wildman–Crippen MR) is 57.6 cm³/mol. The van der Waals surface area contributed by atoms with Gasteiger partial charge in [-0.3, -0.25) is 0 Å². The van der Waals surface area contributed by atoms with E-state index in [4.69, 9.17) is 4.84 Å². The highest BCUT2D eigenvalue weighted by molar-refractivity contribution is 9.10. The van der Waals surface area contributed by atoms with Gasteiger partial charge >= 0.3 is 5.97 Å². The molecular weight excluding hydrogens is 246 g/mol. The predicted octanol–water partition coefficient (Wildman–Crippen LogP) is 2.01. The first-order valence-electron chi connectivity index (χ1n) is 4.20. The van der Waals surface area contributed by atoms with Crippen LogP contribution >= 0.6 is 15.9 Å². The van der Waals surface area contributed by atoms with Gasteiger partial charge < -0.3 is 4.84 Å². The standard InChI is InChI=1S/C10H12BrNO2/c1-12(2)14-10(13)7-8-4-3-5-9(11)6-8/h3-6H,7H2,1-2H3. The molecule has 0 saturated carbocycles. The number of nitrogens with zero attached hydrogens (tertiary/aromatic N) is 1. The minimum Gasteiger partial charge on any atom is -0.368 e. The number of hydrogen-bond acceptors (Lipinski definition) is 3. The first-order valence-corrected chi connectivity index (χ1v) is 5.00. The lowest BCUT2D eigenvalue weighted by molar-refractivity contribution is -0.177. The van der Waals surface area contributed by atoms with E-state index in [9.17, 15) is 4.79 Å². The third kappa shape index (κ3) is 3.89. The molecule has 1 aromatic rings. The van der Waals surface area contributed by atoms with Crippen LogP contribution in [0.3, 0.4) is 0 Å². The van der Waals surface area contributed by atoms with E-state index in [0.717, 1.165) is 10.0 Å². The summed E-state index contributed by atoms with van der Waals surface area (Å²) in [7, 11) is 3.36. The molecule has 0 fully saturated rings. The molecule has 0 atom stereocenters. The van der Waals surface area contributed by atoms with Crippen molar-refractivity contribution in [1.82, 2.24) is 5.06 Å². The van der Waals surface area contributed by atoms with Crippen LogP contribution < -0.4 is 0 Å². The van der Waals surface area contributed by atoms with Gasteiger partial charge in [-0.25, -0.2) is 4.79 Å². The Morgan fingerprint density at radius 1 is 1.50 bits per heavy atom. The van der Waals surface area contributed by atoms with Crippen LogP contribution in [0.4, 0.5) is 0 Å². The number of halogens is 1. The summed E-state index contributed by atoms with van der Waals surface area (Å²) < 4.78 is 0.965. The van der Waals surface area contributed by atoms with Crippen molar-refractivity contribution in [2.24, 2.45) is 0 Å². The molecule has 76 valence electrons. The van der Waals surface area contributed by atoms with Gasteiger partial charge in [-0.15, -0.1) is 5.06 Å². The van der Waals surface area contributed by atoms with Crippen LogP contribution in [0.15, 0.2) is 28.7 Å². The average molecular weight is 258 g/mol. The Kier molecular flexibility index (Phi) is 4.10. The van der Waals surface area contributed by atoms with Crippen LogP contribution in [0, 0.1) is 0 Å². The maximum absolute atomic E-state index is 11.3. The van der Waals surface area contributed by atoms with Crippen molar-refractivity contribution in [3.8, 4) is 0 Å². The Labute approximate surface area is 91.7 Å². The third-order valence-corrected chi connectivity index (χ3v) is 2.02. The zero-order chi connectivity index (χ0) is 10.6. The van der Waals surface area contributed by atoms with Crippen molar-refractivity contribution < 1.29 is 9.63 Å². The van der Waals surface area contributed by atoms with Crippen LogP contribution in [-0.4, -0.2) is 25.1 Å². The fourth-order valence-corrected chi connectivity index (χ4v) is 1.50. The Hall–Kier alpha value is -0.870. The second-order valence-electron chi connectivity index (χ2n) is 3.08. The fraction of sp³-hybridized carbons (Fsp3) is 0.300. The zero-order valence-electron chi connectivity index (χ0n) is 8.16. The van der Waals surface area contributed by atoms with Crippen molar-refractivity contribution in [3.63, 3.8) is 0 Å². The molecule has 1 aromatic carbocycles. The van der Waals surface area contributed by atoms with Crippen LogP contribution in [0.1, 0.15) is 5.56 Å². The number of rotatable bonds is 3. The summed E-state index contributed by atoms with van der Waals surface area (Å²) in [6.07, 6.45) is 0.289. The Morgan fingerprint density at radius 2 is 2.21 bits per heavy atom. The number of benzene rings is 1. The Bertz CT molecular complexity index is 326. The van der Waals surface area contributed by atoms with Gasteiger partial charge in [-0.05, 0) is 17.7 Å². The molecule has 0 aliphatic rings. The lowest BCUT2D eigenvalue weighted by atomic mass is 10.2. The smallest absolute Gasteiger partial charge is 0.329 e. The zero-order valence-corrected chi connectivity index (χ0v) is 9.74. The van der Waals surface area contributed by atoms with Gasteiger partial charge in [0, 0.05) is 18.6 Å². The SMILES string of the molecule is CN(C)OC(=O)Cc1cccc(Br)c1. The Morgan fingerprint density at radius 3 is 2.79 bits per heavy atom. The lowest BCUT2D eigenvalue weighted by Gasteiger charge is -2.09. The summed E-state index contributed by atoms with van der Waals surface area (Å²) in [5, 5.41) is 1.39. The highest BCUT2D eigenvalue weighted by Gasteiger charge is 2.06. The van der Waals surface area contributed by atoms with Crippen LogP contribution in [-0.2, 0) is 16.1 Å². The molecule has 0 aromatic heterocycles. The van der Waals surface area contributed by atoms with E-state index in [1.807, 2.05) is 24.3 Å². The van der Waals surface area contributed by atoms with Crippen molar-refractivity contribution >= 4 is 21.9 Å². The van der Waals surface area contributed by atoms with Gasteiger partial charge in [-0.1, -0.05) is 28.1 Å². The first kappa shape index (κ1) is 11.2. The van der Waals surface area contributed by atoms with Crippen LogP contribution in [0.5, 0.6) is 0 Å². The highest BCUT2D eigenvalue weighted by atomic mass is 79.9. The van der Waals surface area contributed by atoms with Crippen molar-refractivity contribution in [1.29, 1.82) is 0 Å². The number of carbonyl (C=O) groups is 1. The summed E-state index contributed by atoms with van der Waals surface area (Å²) in [6.45, 7) is 0. The molecule has 1 rings (SSSR count). The minimum absolute atomic E-state index is 0.256. The summed E-state index contributed by atoms with van der Waals surface area (Å²) in [5.41, 5.74) is 0.936. The molecule has 0 amide bonds. The number of hydroxylamine groups is 2. The molecule has 0 bridgehead atoms. The fourth-order valence-electron chi connectivity index (χ4n) is 1.05. The molecule has 0 aliphatic heterocycles. The largest absolute Gasteiger partial charge is 0.368 e. The van der Waals surface area contributed by atoms with Gasteiger partial charge in [0.25, 0.3) is 0 Å². The molecule has 0 aliphatic carbocycles. The molecular formula is C10H12BrNO2. The molecule has 0 heterocycles. The maximum Gasteiger partial charge on any atom is 0.329 e. The maximum atomic E-state index is 11.3. The first-order chi connectivity index (χ1) is 6.58. The molecule has 0 spiro atoms. The summed E-state index contributed by atoms with van der Waals surface area (Å²) in [5.74, 6) is -0.256. The molecule has 14 heavy (non-hydrogen) atoms. The quantitative estimate of drug-likeness (QED) is 0.777. The van der Waals surface area contributed by atoms with Crippen molar-refractivity contribution in [2.75, 3.05) is 14.1 Å². The van der Waals surface area contributed by atoms with E-state index < -0.39 is 0 Å². The topological polar surface area (TPSA) is 29.5 Å². The van der Waals surface area contributed by atoms with E-state index in [1.54, 1.807) is 14.1 Å². The van der Waals surface area contributed by atoms with Gasteiger partial charge in [0.2, 0.25) is 0 Å². The molecule has 0 N–H and O–H groups in total. The summed E-state index contributed by atoms with van der Waals surface area (Å²) >= 11 is 3.34. The summed E-state index contributed by atoms with van der Waals surface area (Å²) in [4.78, 5) is 16.1. The lowest BCUT2D eigenvalue weighted by Crippen LogP contribution is -2.19. The van der Waals surface area contributed by atoms with Crippen LogP contribution in [0.2, 0.25) is 0 Å².